The molecule has 2 saturated heterocycles. The molecule has 0 radical (unpaired) electrons. The first-order valence-electron chi connectivity index (χ1n) is 3.61. The second-order valence-electron chi connectivity index (χ2n) is 3.02. The summed E-state index contributed by atoms with van der Waals surface area (Å²) >= 11 is 3.50. The summed E-state index contributed by atoms with van der Waals surface area (Å²) in [5.74, 6) is 0.823. The summed E-state index contributed by atoms with van der Waals surface area (Å²) in [5, 5.41) is 1.13. The lowest BCUT2D eigenvalue weighted by atomic mass is 9.91. The molecule has 2 aliphatic heterocycles. The van der Waals surface area contributed by atoms with E-state index in [1.54, 1.807) is 0 Å². The summed E-state index contributed by atoms with van der Waals surface area (Å²) in [5.41, 5.74) is 0. The van der Waals surface area contributed by atoms with Crippen LogP contribution < -0.4 is 0 Å². The minimum atomic E-state index is 0.606. The Morgan fingerprint density at radius 1 is 1.44 bits per heavy atom. The fourth-order valence-corrected chi connectivity index (χ4v) is 2.59. The van der Waals surface area contributed by atoms with Crippen LogP contribution in [0.3, 0.4) is 0 Å². The maximum absolute atomic E-state index is 5.65. The van der Waals surface area contributed by atoms with E-state index < -0.39 is 0 Å². The van der Waals surface area contributed by atoms with E-state index >= 15 is 0 Å². The van der Waals surface area contributed by atoms with E-state index in [1.807, 2.05) is 0 Å². The molecule has 9 heavy (non-hydrogen) atoms. The molecule has 3 atom stereocenters. The number of fused-ring (bicyclic) bond motifs is 2. The van der Waals surface area contributed by atoms with Gasteiger partial charge in [-0.1, -0.05) is 15.9 Å². The summed E-state index contributed by atoms with van der Waals surface area (Å²) in [4.78, 5) is 0. The summed E-state index contributed by atoms with van der Waals surface area (Å²) in [6.07, 6.45) is 5.15. The summed E-state index contributed by atoms with van der Waals surface area (Å²) in [6, 6.07) is 0. The van der Waals surface area contributed by atoms with Crippen LogP contribution in [-0.2, 0) is 4.74 Å². The van der Waals surface area contributed by atoms with Gasteiger partial charge < -0.3 is 4.74 Å². The average molecular weight is 191 g/mol. The van der Waals surface area contributed by atoms with Crippen molar-refractivity contribution in [2.45, 2.75) is 31.5 Å². The summed E-state index contributed by atoms with van der Waals surface area (Å²) in [6.45, 7) is 0. The Bertz CT molecular complexity index is 115. The number of ether oxygens (including phenoxy) is 1. The predicted octanol–water partition coefficient (Wildman–Crippen LogP) is 1.95. The van der Waals surface area contributed by atoms with Crippen molar-refractivity contribution < 1.29 is 4.74 Å². The molecule has 0 N–H and O–H groups in total. The van der Waals surface area contributed by atoms with E-state index in [2.05, 4.69) is 15.9 Å². The first-order valence-corrected chi connectivity index (χ1v) is 4.73. The summed E-state index contributed by atoms with van der Waals surface area (Å²) in [7, 11) is 0. The molecule has 52 valence electrons. The van der Waals surface area contributed by atoms with E-state index in [1.165, 1.54) is 19.3 Å². The number of halogens is 1. The van der Waals surface area contributed by atoms with Crippen LogP contribution in [0.2, 0.25) is 0 Å². The number of alkyl halides is 1. The number of hydrogen-bond acceptors (Lipinski definition) is 1. The van der Waals surface area contributed by atoms with E-state index in [9.17, 15) is 0 Å². The van der Waals surface area contributed by atoms with Gasteiger partial charge in [0.1, 0.15) is 0 Å². The molecule has 2 rings (SSSR count). The quantitative estimate of drug-likeness (QED) is 0.575. The smallest absolute Gasteiger partial charge is 0.0616 e. The zero-order valence-corrected chi connectivity index (χ0v) is 6.93. The number of hydrogen-bond donors (Lipinski definition) is 0. The van der Waals surface area contributed by atoms with Gasteiger partial charge in [-0.15, -0.1) is 0 Å². The van der Waals surface area contributed by atoms with Crippen LogP contribution in [0.5, 0.6) is 0 Å². The van der Waals surface area contributed by atoms with Crippen LogP contribution in [0.4, 0.5) is 0 Å². The van der Waals surface area contributed by atoms with Gasteiger partial charge in [0.15, 0.2) is 0 Å². The summed E-state index contributed by atoms with van der Waals surface area (Å²) < 4.78 is 5.65. The highest BCUT2D eigenvalue weighted by atomic mass is 79.9. The van der Waals surface area contributed by atoms with Gasteiger partial charge in [-0.25, -0.2) is 0 Å². The van der Waals surface area contributed by atoms with Gasteiger partial charge in [0.05, 0.1) is 12.2 Å². The zero-order valence-electron chi connectivity index (χ0n) is 5.35. The minimum Gasteiger partial charge on any atom is -0.375 e. The largest absolute Gasteiger partial charge is 0.375 e. The molecule has 0 aromatic rings. The molecule has 0 aromatic heterocycles. The second kappa shape index (κ2) is 2.24. The van der Waals surface area contributed by atoms with Crippen molar-refractivity contribution >= 4 is 15.9 Å². The second-order valence-corrected chi connectivity index (χ2v) is 3.67. The van der Waals surface area contributed by atoms with Crippen LogP contribution in [0.1, 0.15) is 19.3 Å². The highest BCUT2D eigenvalue weighted by molar-refractivity contribution is 9.09. The maximum atomic E-state index is 5.65. The molecule has 2 bridgehead atoms. The molecule has 0 aromatic carbocycles. The van der Waals surface area contributed by atoms with Gasteiger partial charge in [-0.2, -0.15) is 0 Å². The van der Waals surface area contributed by atoms with Gasteiger partial charge >= 0.3 is 0 Å². The van der Waals surface area contributed by atoms with Crippen molar-refractivity contribution in [2.75, 3.05) is 5.33 Å². The molecule has 0 spiro atoms. The van der Waals surface area contributed by atoms with Crippen LogP contribution in [-0.4, -0.2) is 17.5 Å². The highest BCUT2D eigenvalue weighted by Gasteiger charge is 2.39. The van der Waals surface area contributed by atoms with Crippen LogP contribution in [0.15, 0.2) is 0 Å². The molecule has 2 aliphatic rings. The Morgan fingerprint density at radius 3 is 2.67 bits per heavy atom. The van der Waals surface area contributed by atoms with Gasteiger partial charge in [0.2, 0.25) is 0 Å². The predicted molar refractivity (Wildman–Crippen MR) is 39.8 cm³/mol. The lowest BCUT2D eigenvalue weighted by molar-refractivity contribution is 0.0956. The van der Waals surface area contributed by atoms with Crippen LogP contribution >= 0.6 is 15.9 Å². The standard InChI is InChI=1S/C7H11BrO/c8-4-5-3-6-1-2-7(5)9-6/h5-7H,1-4H2/t5-,6-,7+/m1/s1. The molecule has 2 heterocycles. The first kappa shape index (κ1) is 6.17. The fraction of sp³-hybridized carbons (Fsp3) is 1.00. The molecule has 0 saturated carbocycles. The lowest BCUT2D eigenvalue weighted by Crippen LogP contribution is -2.16. The molecule has 1 nitrogen and oxygen atoms in total. The van der Waals surface area contributed by atoms with Gasteiger partial charge in [0.25, 0.3) is 0 Å². The van der Waals surface area contributed by atoms with E-state index in [0.717, 1.165) is 11.2 Å². The Balaban J connectivity index is 2.01. The Labute approximate surface area is 63.9 Å². The van der Waals surface area contributed by atoms with Crippen molar-refractivity contribution in [2.24, 2.45) is 5.92 Å². The maximum Gasteiger partial charge on any atom is 0.0616 e. The van der Waals surface area contributed by atoms with E-state index in [4.69, 9.17) is 4.74 Å². The number of rotatable bonds is 1. The third kappa shape index (κ3) is 0.926. The minimum absolute atomic E-state index is 0.606. The molecular formula is C7H11BrO. The third-order valence-corrected chi connectivity index (χ3v) is 3.26. The van der Waals surface area contributed by atoms with Gasteiger partial charge in [-0.3, -0.25) is 0 Å². The van der Waals surface area contributed by atoms with Crippen LogP contribution in [0, 0.1) is 5.92 Å². The SMILES string of the molecule is BrC[C@H]1C[C@H]2CC[C@@H]1O2. The monoisotopic (exact) mass is 190 g/mol. The first-order chi connectivity index (χ1) is 4.40. The lowest BCUT2D eigenvalue weighted by Gasteiger charge is -2.14. The van der Waals surface area contributed by atoms with Crippen molar-refractivity contribution in [3.8, 4) is 0 Å². The topological polar surface area (TPSA) is 9.23 Å². The van der Waals surface area contributed by atoms with Gasteiger partial charge in [-0.05, 0) is 25.2 Å². The van der Waals surface area contributed by atoms with Crippen molar-refractivity contribution in [3.05, 3.63) is 0 Å². The van der Waals surface area contributed by atoms with Crippen molar-refractivity contribution in [3.63, 3.8) is 0 Å². The fourth-order valence-electron chi connectivity index (χ4n) is 1.91. The molecule has 2 heteroatoms. The van der Waals surface area contributed by atoms with E-state index in [0.29, 0.717) is 12.2 Å². The van der Waals surface area contributed by atoms with Crippen LogP contribution in [0.25, 0.3) is 0 Å². The van der Waals surface area contributed by atoms with Gasteiger partial charge in [0, 0.05) is 5.33 Å². The zero-order chi connectivity index (χ0) is 6.27. The molecule has 0 aliphatic carbocycles. The van der Waals surface area contributed by atoms with E-state index in [-0.39, 0.29) is 0 Å². The Hall–Kier alpha value is 0.440. The van der Waals surface area contributed by atoms with Crippen molar-refractivity contribution in [1.29, 1.82) is 0 Å². The normalized spacial score (nSPS) is 48.3. The average Bonchev–Trinajstić information content (AvgIpc) is 2.45. The molecule has 0 unspecified atom stereocenters. The Morgan fingerprint density at radius 2 is 2.33 bits per heavy atom. The van der Waals surface area contributed by atoms with Crippen molar-refractivity contribution in [1.82, 2.24) is 0 Å². The molecule has 0 amide bonds. The Kier molecular flexibility index (Phi) is 1.54. The highest BCUT2D eigenvalue weighted by Crippen LogP contribution is 2.39. The molecule has 2 fully saturated rings. The molecular weight excluding hydrogens is 180 g/mol. The third-order valence-electron chi connectivity index (χ3n) is 2.43.